The molecule has 1 fully saturated rings. The van der Waals surface area contributed by atoms with Crippen LogP contribution in [-0.4, -0.2) is 43.2 Å². The lowest BCUT2D eigenvalue weighted by Crippen LogP contribution is -2.43. The molecule has 2 aromatic heterocycles. The number of thioether (sulfide) groups is 1. The lowest BCUT2D eigenvalue weighted by molar-refractivity contribution is 0.0512. The van der Waals surface area contributed by atoms with Crippen molar-refractivity contribution in [3.8, 4) is 28.5 Å². The van der Waals surface area contributed by atoms with Gasteiger partial charge in [0.2, 0.25) is 0 Å². The predicted octanol–water partition coefficient (Wildman–Crippen LogP) is 10.8. The minimum Gasteiger partial charge on any atom is -0.468 e. The number of benzene rings is 2. The summed E-state index contributed by atoms with van der Waals surface area (Å²) >= 11 is 1.40. The zero-order valence-electron chi connectivity index (χ0n) is 29.2. The molecule has 1 saturated carbocycles. The first-order chi connectivity index (χ1) is 22.4. The molecule has 5 nitrogen and oxygen atoms in total. The highest BCUT2D eigenvalue weighted by Gasteiger charge is 2.42. The van der Waals surface area contributed by atoms with Gasteiger partial charge in [-0.1, -0.05) is 84.6 Å². The normalized spacial score (nSPS) is 14.4. The van der Waals surface area contributed by atoms with E-state index < -0.39 is 19.7 Å². The Balaban J connectivity index is 1.85. The maximum absolute atomic E-state index is 17.1. The molecular formula is C38H47F2N3O2SSi. The van der Waals surface area contributed by atoms with E-state index in [1.807, 2.05) is 19.2 Å². The fraction of sp³-hybridized carbons (Fsp3) is 0.500. The Morgan fingerprint density at radius 3 is 2.23 bits per heavy atom. The highest BCUT2D eigenvalue weighted by atomic mass is 32.2. The molecule has 0 aliphatic heterocycles. The minimum atomic E-state index is -2.21. The van der Waals surface area contributed by atoms with E-state index in [0.717, 1.165) is 31.4 Å². The third-order valence-corrected chi connectivity index (χ3v) is 16.9. The number of nitrogens with zero attached hydrogens (tertiary/aromatic N) is 3. The molecule has 0 spiro atoms. The molecule has 1 aliphatic rings. The maximum atomic E-state index is 17.1. The molecule has 0 N–H and O–H groups in total. The summed E-state index contributed by atoms with van der Waals surface area (Å²) in [5, 5.41) is 2.41. The molecule has 47 heavy (non-hydrogen) atoms. The number of rotatable bonds is 9. The van der Waals surface area contributed by atoms with E-state index in [0.29, 0.717) is 54.9 Å². The monoisotopic (exact) mass is 675 g/mol. The fourth-order valence-corrected chi connectivity index (χ4v) is 13.4. The van der Waals surface area contributed by atoms with E-state index in [4.69, 9.17) is 24.4 Å². The Morgan fingerprint density at radius 1 is 0.936 bits per heavy atom. The van der Waals surface area contributed by atoms with E-state index in [2.05, 4.69) is 53.0 Å². The van der Waals surface area contributed by atoms with Crippen LogP contribution in [0.15, 0.2) is 29.4 Å². The second-order valence-electron chi connectivity index (χ2n) is 13.7. The van der Waals surface area contributed by atoms with Crippen molar-refractivity contribution in [2.45, 2.75) is 108 Å². The number of hydrogen-bond acceptors (Lipinski definition) is 6. The van der Waals surface area contributed by atoms with Gasteiger partial charge in [0.05, 0.1) is 11.3 Å². The minimum absolute atomic E-state index is 0.00576. The SMILES string of the molecule is COCOc1cc(-c2nc(C)c3c(C4CCCCC4)nc(SC)nc3c2F)c2c(C#C[Si](C(C)C)(C(C)C)C(C)C)c(F)ccc2c1. The zero-order valence-corrected chi connectivity index (χ0v) is 31.0. The highest BCUT2D eigenvalue weighted by Crippen LogP contribution is 2.43. The third-order valence-electron chi connectivity index (χ3n) is 10.1. The van der Waals surface area contributed by atoms with Crippen LogP contribution in [0.4, 0.5) is 8.78 Å². The van der Waals surface area contributed by atoms with Gasteiger partial charge in [0.1, 0.15) is 30.9 Å². The summed E-state index contributed by atoms with van der Waals surface area (Å²) in [6, 6.07) is 6.67. The van der Waals surface area contributed by atoms with E-state index in [1.54, 1.807) is 19.2 Å². The van der Waals surface area contributed by atoms with Gasteiger partial charge < -0.3 is 9.47 Å². The van der Waals surface area contributed by atoms with Crippen LogP contribution in [0, 0.1) is 30.0 Å². The quantitative estimate of drug-likeness (QED) is 0.0579. The van der Waals surface area contributed by atoms with Crippen LogP contribution in [-0.2, 0) is 4.74 Å². The van der Waals surface area contributed by atoms with E-state index in [9.17, 15) is 0 Å². The molecular weight excluding hydrogens is 629 g/mol. The van der Waals surface area contributed by atoms with E-state index in [-0.39, 0.29) is 29.5 Å². The average molecular weight is 676 g/mol. The van der Waals surface area contributed by atoms with Gasteiger partial charge in [-0.25, -0.2) is 23.7 Å². The van der Waals surface area contributed by atoms with Gasteiger partial charge in [-0.15, -0.1) is 5.54 Å². The lowest BCUT2D eigenvalue weighted by Gasteiger charge is -2.38. The Kier molecular flexibility index (Phi) is 10.9. The zero-order chi connectivity index (χ0) is 34.0. The van der Waals surface area contributed by atoms with Crippen LogP contribution in [0.2, 0.25) is 16.6 Å². The summed E-state index contributed by atoms with van der Waals surface area (Å²) in [7, 11) is -0.672. The smallest absolute Gasteiger partial charge is 0.188 e. The Morgan fingerprint density at radius 2 is 1.62 bits per heavy atom. The summed E-state index contributed by atoms with van der Waals surface area (Å²) < 4.78 is 44.1. The summed E-state index contributed by atoms with van der Waals surface area (Å²) in [6.45, 7) is 15.3. The Labute approximate surface area is 283 Å². The number of halogens is 2. The fourth-order valence-electron chi connectivity index (χ4n) is 7.83. The number of methoxy groups -OCH3 is 1. The second-order valence-corrected chi connectivity index (χ2v) is 20.1. The van der Waals surface area contributed by atoms with Crippen LogP contribution in [0.5, 0.6) is 5.75 Å². The average Bonchev–Trinajstić information content (AvgIpc) is 3.05. The van der Waals surface area contributed by atoms with Gasteiger partial charge in [-0.3, -0.25) is 0 Å². The molecule has 2 heterocycles. The van der Waals surface area contributed by atoms with Gasteiger partial charge >= 0.3 is 0 Å². The Hall–Kier alpha value is -3.06. The first kappa shape index (κ1) is 35.2. The van der Waals surface area contributed by atoms with Crippen molar-refractivity contribution in [2.24, 2.45) is 0 Å². The van der Waals surface area contributed by atoms with E-state index in [1.165, 1.54) is 24.2 Å². The standard InChI is InChI=1S/C38H47F2N3O2SSi/c1-22(2)47(23(3)4,24(5)6)18-17-29-31(39)16-15-27-19-28(45-21-44-8)20-30(33(27)29)36-34(40)37-32(25(7)41-36)35(42-38(43-37)46-9)26-13-11-10-12-14-26/h15-16,19-20,22-24,26H,10-14,21H2,1-9H3. The highest BCUT2D eigenvalue weighted by molar-refractivity contribution is 7.98. The van der Waals surface area contributed by atoms with Crippen molar-refractivity contribution in [2.75, 3.05) is 20.2 Å². The molecule has 1 aliphatic carbocycles. The third kappa shape index (κ3) is 6.66. The summed E-state index contributed by atoms with van der Waals surface area (Å²) in [5.41, 5.74) is 7.33. The first-order valence-corrected chi connectivity index (χ1v) is 20.2. The number of aryl methyl sites for hydroxylation is 1. The van der Waals surface area contributed by atoms with Crippen LogP contribution >= 0.6 is 11.8 Å². The lowest BCUT2D eigenvalue weighted by atomic mass is 9.85. The van der Waals surface area contributed by atoms with Crippen LogP contribution < -0.4 is 4.74 Å². The molecule has 4 aromatic rings. The topological polar surface area (TPSA) is 57.1 Å². The molecule has 2 aromatic carbocycles. The molecule has 0 amide bonds. The van der Waals surface area contributed by atoms with Crippen molar-refractivity contribution in [1.29, 1.82) is 0 Å². The van der Waals surface area contributed by atoms with Crippen molar-refractivity contribution < 1.29 is 18.3 Å². The number of aromatic nitrogens is 3. The van der Waals surface area contributed by atoms with Gasteiger partial charge in [0.15, 0.2) is 17.8 Å². The van der Waals surface area contributed by atoms with Crippen LogP contribution in [0.3, 0.4) is 0 Å². The van der Waals surface area contributed by atoms with Crippen LogP contribution in [0.25, 0.3) is 32.9 Å². The predicted molar refractivity (Wildman–Crippen MR) is 193 cm³/mol. The number of pyridine rings is 1. The summed E-state index contributed by atoms with van der Waals surface area (Å²) in [5.74, 6) is 3.05. The molecule has 0 radical (unpaired) electrons. The van der Waals surface area contributed by atoms with Crippen molar-refractivity contribution in [3.63, 3.8) is 0 Å². The molecule has 5 rings (SSSR count). The Bertz CT molecular complexity index is 1820. The largest absolute Gasteiger partial charge is 0.468 e. The molecule has 9 heteroatoms. The molecule has 250 valence electrons. The van der Waals surface area contributed by atoms with E-state index >= 15 is 8.78 Å². The number of ether oxygens (including phenoxy) is 2. The van der Waals surface area contributed by atoms with Crippen LogP contribution in [0.1, 0.15) is 96.5 Å². The van der Waals surface area contributed by atoms with Gasteiger partial charge in [-0.2, -0.15) is 0 Å². The van der Waals surface area contributed by atoms with Crippen molar-refractivity contribution in [1.82, 2.24) is 15.0 Å². The van der Waals surface area contributed by atoms with Gasteiger partial charge in [-0.05, 0) is 66.2 Å². The second kappa shape index (κ2) is 14.6. The van der Waals surface area contributed by atoms with Gasteiger partial charge in [0.25, 0.3) is 0 Å². The molecule has 0 bridgehead atoms. The van der Waals surface area contributed by atoms with Crippen molar-refractivity contribution in [3.05, 3.63) is 52.9 Å². The molecule has 0 unspecified atom stereocenters. The van der Waals surface area contributed by atoms with Gasteiger partial charge in [0, 0.05) is 35.1 Å². The first-order valence-electron chi connectivity index (χ1n) is 16.8. The van der Waals surface area contributed by atoms with Crippen molar-refractivity contribution >= 4 is 41.5 Å². The molecule has 0 atom stereocenters. The number of fused-ring (bicyclic) bond motifs is 2. The number of hydrogen-bond donors (Lipinski definition) is 0. The summed E-state index contributed by atoms with van der Waals surface area (Å²) in [4.78, 5) is 14.5. The summed E-state index contributed by atoms with van der Waals surface area (Å²) in [6.07, 6.45) is 7.40. The maximum Gasteiger partial charge on any atom is 0.188 e. The molecule has 0 saturated heterocycles.